The summed E-state index contributed by atoms with van der Waals surface area (Å²) < 4.78 is 11.0. The van der Waals surface area contributed by atoms with Crippen molar-refractivity contribution >= 4 is 28.9 Å². The third-order valence-corrected chi connectivity index (χ3v) is 4.56. The van der Waals surface area contributed by atoms with Gasteiger partial charge in [-0.3, -0.25) is 0 Å². The van der Waals surface area contributed by atoms with Crippen molar-refractivity contribution in [3.63, 3.8) is 0 Å². The normalized spacial score (nSPS) is 10.4. The molecule has 1 N–H and O–H groups in total. The number of anilines is 1. The summed E-state index contributed by atoms with van der Waals surface area (Å²) in [6.45, 7) is 1.09. The van der Waals surface area contributed by atoms with Gasteiger partial charge in [0.05, 0.1) is 12.1 Å². The minimum absolute atomic E-state index is 0.435. The lowest BCUT2D eigenvalue weighted by atomic mass is 10.2. The number of nitrogens with one attached hydrogen (secondary N) is 1. The van der Waals surface area contributed by atoms with Gasteiger partial charge < -0.3 is 14.8 Å². The molecular formula is C21H19Cl2NO2. The van der Waals surface area contributed by atoms with Crippen LogP contribution >= 0.6 is 23.2 Å². The number of hydrogen-bond donors (Lipinski definition) is 1. The second kappa shape index (κ2) is 8.84. The molecule has 0 saturated carbocycles. The monoisotopic (exact) mass is 387 g/mol. The molecule has 0 unspecified atom stereocenters. The molecule has 26 heavy (non-hydrogen) atoms. The van der Waals surface area contributed by atoms with Gasteiger partial charge >= 0.3 is 0 Å². The molecule has 0 radical (unpaired) electrons. The van der Waals surface area contributed by atoms with Gasteiger partial charge in [0.15, 0.2) is 0 Å². The molecule has 5 heteroatoms. The molecule has 0 aromatic heterocycles. The van der Waals surface area contributed by atoms with Gasteiger partial charge in [0.1, 0.15) is 18.1 Å². The Labute approximate surface area is 163 Å². The van der Waals surface area contributed by atoms with E-state index in [9.17, 15) is 0 Å². The van der Waals surface area contributed by atoms with E-state index < -0.39 is 0 Å². The fraction of sp³-hybridized carbons (Fsp3) is 0.143. The standard InChI is InChI=1S/C21H19Cl2NO2/c1-25-21-10-9-17(12-20(21)23)24-13-15-5-4-7-18(11-15)26-14-16-6-2-3-8-19(16)22/h2-12,24H,13-14H2,1H3. The van der Waals surface area contributed by atoms with Crippen LogP contribution in [0.15, 0.2) is 66.7 Å². The molecule has 0 amide bonds. The zero-order chi connectivity index (χ0) is 18.4. The summed E-state index contributed by atoms with van der Waals surface area (Å²) in [6.07, 6.45) is 0. The average molecular weight is 388 g/mol. The molecule has 0 atom stereocenters. The lowest BCUT2D eigenvalue weighted by molar-refractivity contribution is 0.306. The third-order valence-electron chi connectivity index (χ3n) is 3.90. The molecular weight excluding hydrogens is 369 g/mol. The van der Waals surface area contributed by atoms with Crippen LogP contribution in [0.3, 0.4) is 0 Å². The summed E-state index contributed by atoms with van der Waals surface area (Å²) in [5.41, 5.74) is 3.00. The smallest absolute Gasteiger partial charge is 0.137 e. The summed E-state index contributed by atoms with van der Waals surface area (Å²) in [4.78, 5) is 0. The third kappa shape index (κ3) is 4.84. The largest absolute Gasteiger partial charge is 0.495 e. The minimum atomic E-state index is 0.435. The molecule has 0 aliphatic carbocycles. The Morgan fingerprint density at radius 3 is 2.50 bits per heavy atom. The lowest BCUT2D eigenvalue weighted by Gasteiger charge is -2.11. The molecule has 0 aliphatic rings. The first kappa shape index (κ1) is 18.4. The van der Waals surface area contributed by atoms with E-state index in [1.807, 2.05) is 66.7 Å². The zero-order valence-corrected chi connectivity index (χ0v) is 15.8. The molecule has 3 aromatic rings. The van der Waals surface area contributed by atoms with E-state index in [1.165, 1.54) is 0 Å². The number of halogens is 2. The molecule has 0 fully saturated rings. The Bertz CT molecular complexity index is 883. The molecule has 0 spiro atoms. The van der Waals surface area contributed by atoms with Gasteiger partial charge in [-0.1, -0.05) is 53.5 Å². The van der Waals surface area contributed by atoms with E-state index in [-0.39, 0.29) is 0 Å². The van der Waals surface area contributed by atoms with Gasteiger partial charge in [-0.15, -0.1) is 0 Å². The lowest BCUT2D eigenvalue weighted by Crippen LogP contribution is -2.01. The second-order valence-electron chi connectivity index (χ2n) is 5.73. The fourth-order valence-electron chi connectivity index (χ4n) is 2.50. The fourth-order valence-corrected chi connectivity index (χ4v) is 2.95. The van der Waals surface area contributed by atoms with Crippen LogP contribution in [-0.2, 0) is 13.2 Å². The number of methoxy groups -OCH3 is 1. The number of ether oxygens (including phenoxy) is 2. The number of rotatable bonds is 7. The predicted octanol–water partition coefficient (Wildman–Crippen LogP) is 6.19. The highest BCUT2D eigenvalue weighted by molar-refractivity contribution is 6.32. The Morgan fingerprint density at radius 2 is 1.73 bits per heavy atom. The number of hydrogen-bond acceptors (Lipinski definition) is 3. The van der Waals surface area contributed by atoms with E-state index in [4.69, 9.17) is 32.7 Å². The summed E-state index contributed by atoms with van der Waals surface area (Å²) in [6, 6.07) is 21.3. The van der Waals surface area contributed by atoms with Crippen molar-refractivity contribution in [2.45, 2.75) is 13.2 Å². The maximum atomic E-state index is 6.16. The highest BCUT2D eigenvalue weighted by Crippen LogP contribution is 2.27. The quantitative estimate of drug-likeness (QED) is 0.523. The van der Waals surface area contributed by atoms with Gasteiger partial charge in [0, 0.05) is 22.8 Å². The average Bonchev–Trinajstić information content (AvgIpc) is 2.66. The van der Waals surface area contributed by atoms with Crippen LogP contribution in [0.2, 0.25) is 10.0 Å². The van der Waals surface area contributed by atoms with Crippen LogP contribution in [0.5, 0.6) is 11.5 Å². The van der Waals surface area contributed by atoms with Crippen molar-refractivity contribution < 1.29 is 9.47 Å². The summed E-state index contributed by atoms with van der Waals surface area (Å²) in [5.74, 6) is 1.46. The van der Waals surface area contributed by atoms with Crippen LogP contribution in [-0.4, -0.2) is 7.11 Å². The molecule has 3 nitrogen and oxygen atoms in total. The maximum absolute atomic E-state index is 6.16. The molecule has 0 bridgehead atoms. The molecule has 0 saturated heterocycles. The Kier molecular flexibility index (Phi) is 6.26. The van der Waals surface area contributed by atoms with E-state index in [1.54, 1.807) is 7.11 Å². The van der Waals surface area contributed by atoms with Crippen LogP contribution in [0.1, 0.15) is 11.1 Å². The highest BCUT2D eigenvalue weighted by atomic mass is 35.5. The molecule has 0 aliphatic heterocycles. The van der Waals surface area contributed by atoms with Crippen molar-refractivity contribution in [1.29, 1.82) is 0 Å². The predicted molar refractivity (Wildman–Crippen MR) is 108 cm³/mol. The molecule has 3 aromatic carbocycles. The van der Waals surface area contributed by atoms with Gasteiger partial charge in [0.2, 0.25) is 0 Å². The van der Waals surface area contributed by atoms with E-state index in [2.05, 4.69) is 5.32 Å². The summed E-state index contributed by atoms with van der Waals surface area (Å²) in [7, 11) is 1.60. The van der Waals surface area contributed by atoms with Crippen LogP contribution < -0.4 is 14.8 Å². The van der Waals surface area contributed by atoms with Crippen LogP contribution in [0.4, 0.5) is 5.69 Å². The Morgan fingerprint density at radius 1 is 0.885 bits per heavy atom. The molecule has 3 rings (SSSR count). The second-order valence-corrected chi connectivity index (χ2v) is 6.54. The highest BCUT2D eigenvalue weighted by Gasteiger charge is 2.04. The van der Waals surface area contributed by atoms with Crippen molar-refractivity contribution in [3.05, 3.63) is 87.9 Å². The van der Waals surface area contributed by atoms with E-state index in [0.717, 1.165) is 22.6 Å². The first-order valence-electron chi connectivity index (χ1n) is 8.18. The summed E-state index contributed by atoms with van der Waals surface area (Å²) >= 11 is 12.3. The van der Waals surface area contributed by atoms with Crippen molar-refractivity contribution in [2.75, 3.05) is 12.4 Å². The SMILES string of the molecule is COc1ccc(NCc2cccc(OCc3ccccc3Cl)c2)cc1Cl. The van der Waals surface area contributed by atoms with Gasteiger partial charge in [-0.2, -0.15) is 0 Å². The van der Waals surface area contributed by atoms with Crippen molar-refractivity contribution in [2.24, 2.45) is 0 Å². The Hall–Kier alpha value is -2.36. The van der Waals surface area contributed by atoms with Crippen molar-refractivity contribution in [1.82, 2.24) is 0 Å². The topological polar surface area (TPSA) is 30.5 Å². The zero-order valence-electron chi connectivity index (χ0n) is 14.3. The molecule has 0 heterocycles. The van der Waals surface area contributed by atoms with Gasteiger partial charge in [-0.25, -0.2) is 0 Å². The van der Waals surface area contributed by atoms with Crippen LogP contribution in [0.25, 0.3) is 0 Å². The van der Waals surface area contributed by atoms with E-state index in [0.29, 0.717) is 28.9 Å². The summed E-state index contributed by atoms with van der Waals surface area (Å²) in [5, 5.41) is 4.63. The van der Waals surface area contributed by atoms with Gasteiger partial charge in [-0.05, 0) is 42.0 Å². The maximum Gasteiger partial charge on any atom is 0.137 e. The first-order chi connectivity index (χ1) is 12.7. The van der Waals surface area contributed by atoms with Crippen molar-refractivity contribution in [3.8, 4) is 11.5 Å². The van der Waals surface area contributed by atoms with E-state index >= 15 is 0 Å². The van der Waals surface area contributed by atoms with Crippen LogP contribution in [0, 0.1) is 0 Å². The minimum Gasteiger partial charge on any atom is -0.495 e. The molecule has 134 valence electrons. The first-order valence-corrected chi connectivity index (χ1v) is 8.94. The van der Waals surface area contributed by atoms with Gasteiger partial charge in [0.25, 0.3) is 0 Å². The number of benzene rings is 3. The Balaban J connectivity index is 1.60.